The molecule has 712 valence electrons. The van der Waals surface area contributed by atoms with Gasteiger partial charge >= 0.3 is 6.15 Å². The van der Waals surface area contributed by atoms with Crippen LogP contribution in [0.25, 0.3) is 15.3 Å². The van der Waals surface area contributed by atoms with E-state index in [1.165, 1.54) is 84.0 Å². The number of aliphatic hydroxyl groups is 6. The predicted molar refractivity (Wildman–Crippen MR) is 414 cm³/mol. The van der Waals surface area contributed by atoms with Crippen molar-refractivity contribution in [1.82, 2.24) is 37.2 Å². The summed E-state index contributed by atoms with van der Waals surface area (Å²) in [4.78, 5) is 112. The highest BCUT2D eigenvalue weighted by molar-refractivity contribution is 7.80. The zero-order valence-corrected chi connectivity index (χ0v) is 72.9. The number of primary amides is 1. The number of aliphatic hydroxyl groups excluding tert-OH is 6. The van der Waals surface area contributed by atoms with E-state index in [0.717, 1.165) is 0 Å². The van der Waals surface area contributed by atoms with Crippen LogP contribution in [0.4, 0.5) is 0 Å². The number of nitrogens with zero attached hydrogens (tertiary/aromatic N) is 5. The first kappa shape index (κ1) is 106. The van der Waals surface area contributed by atoms with Gasteiger partial charge in [0, 0.05) is 123 Å². The van der Waals surface area contributed by atoms with Crippen molar-refractivity contribution in [3.63, 3.8) is 0 Å². The highest BCUT2D eigenvalue weighted by atomic mass is 32.1. The first-order valence-corrected chi connectivity index (χ1v) is 39.8. The molecule has 0 spiro atoms. The standard InChI is InChI=1S/C12H18N2O5.C11H18N2O6.C11H16N2O5.C11H19NO5.C9H14N4O5.C9H16N2O5.C9H15NO5S.CO2/c1-7(15)14-8-9(16-3)10(17-4)12(5-13-2)6-18-11(8)19-12;1-5(14)13-6-7(16-2)8(17-3)11(10(12)15)4-18-9(6)19-11;1-6(14)13-7-8(15-2)9(16-3)11(4-12)5-17-10(7)18-11;1-6(13)12-7-8(14-3)9(15-4)11(2)5-16-10(7)17-11;1-4(14)12-5-6(15)7(16)9(2-11-13-10)3-17-8(5)18-9;1-4(12)11-5-6(13)7(14)9(2-10)3-15-8(5)16-9;1-4(11)10-5-6(12)7(13)9(3-16)2-14-8(5)15-9;2-1-3/h8-11H,5-6H2,1,3-4H3,(H,14,15);6-9H,4H2,1-3H3,(H2,12,15)(H,13,14);7-10H,5H2,1-3H3,(H,13,14);7-10H,5H2,1-4H3,(H,12,13);5-8,15-16H,2-3H2,1H3,(H,12,14);5-8,13-14H,2-3,10H2,1H3,(H,11,12);5-8,12-13,16H,2-3H2,1H3,(H,10,11);/t8-,9-,10-,11+,12+;6-,7-,8-,9+,11+;2*7-,8-,9-,10+,11+;2*5-,6-,7-,8+,9+;5-,6-,7-,8+,9-;/m1111111./s1. The third-order valence-electron chi connectivity index (χ3n) is 22.9. The Labute approximate surface area is 728 Å². The van der Waals surface area contributed by atoms with E-state index < -0.39 is 199 Å². The van der Waals surface area contributed by atoms with Gasteiger partial charge in [0.15, 0.2) is 49.6 Å². The maximum Gasteiger partial charge on any atom is 0.373 e. The minimum Gasteiger partial charge on any atom is -0.388 e. The number of carbonyl (C=O) groups is 8. The summed E-state index contributed by atoms with van der Waals surface area (Å²) >= 11 is 4.09. The SMILES string of the molecule is CC(=O)N[C@H]1[C@H]2OC[C@](CN)(O2)[C@H](O)[C@@H]1O.CC(=O)N[C@H]1[C@H]2OC[C@](CN=[N+]=[N-])(O2)[C@H](O)[C@@H]1O.CC(=O)N[C@H]1[C@H]2OC[C@](CS)(O2)[C@H](O)[C@@H]1O.CO[C@@H]1[C@@H](NC(C)=O)[C@H]2OC[C@](C#N)(O2)[C@@H]1OC.CO[C@@H]1[C@@H](NC(C)=O)[C@H]2OC[C@](C(N)=O)(O2)[C@@H]1OC.CO[C@@H]1[C@@H](NC(C)=O)[C@H]2OC[C@](C)(O2)[C@@H]1OC.O=C=O.[C-]#[N+]C[C@@]12CO[C@@H](O1)[C@H](NC(C)=O)[C@@H](OC)[C@H]2OC. The van der Waals surface area contributed by atoms with Crippen molar-refractivity contribution >= 4 is 66.0 Å². The van der Waals surface area contributed by atoms with E-state index in [9.17, 15) is 74.3 Å². The van der Waals surface area contributed by atoms with Gasteiger partial charge in [-0.2, -0.15) is 27.5 Å². The molecule has 14 aliphatic rings. The van der Waals surface area contributed by atoms with E-state index in [2.05, 4.69) is 70.8 Å². The number of ether oxygens (including phenoxy) is 22. The molecular formula is C73H116N14O38S. The maximum atomic E-state index is 11.7. The molecule has 14 saturated heterocycles. The van der Waals surface area contributed by atoms with E-state index in [-0.39, 0.29) is 131 Å². The summed E-state index contributed by atoms with van der Waals surface area (Å²) in [6, 6.07) is -2.15. The Morgan fingerprint density at radius 1 is 0.452 bits per heavy atom. The second-order valence-electron chi connectivity index (χ2n) is 31.4. The minimum atomic E-state index is -1.38. The number of hydrogen-bond acceptors (Lipinski definition) is 42. The molecule has 14 bridgehead atoms. The fourth-order valence-corrected chi connectivity index (χ4v) is 17.4. The molecule has 0 aromatic heterocycles. The van der Waals surface area contributed by atoms with Gasteiger partial charge in [0.25, 0.3) is 5.91 Å². The molecule has 14 heterocycles. The van der Waals surface area contributed by atoms with Gasteiger partial charge in [-0.05, 0) is 12.5 Å². The van der Waals surface area contributed by atoms with Crippen LogP contribution in [0.1, 0.15) is 55.4 Å². The number of methoxy groups -OCH3 is 8. The molecule has 8 amide bonds. The third kappa shape index (κ3) is 22.4. The second-order valence-corrected chi connectivity index (χ2v) is 31.7. The highest BCUT2D eigenvalue weighted by Crippen LogP contribution is 2.46. The first-order chi connectivity index (χ1) is 59.5. The Hall–Kier alpha value is -7.38. The quantitative estimate of drug-likeness (QED) is 0.0167. The number of nitrogens with one attached hydrogen (secondary N) is 7. The zero-order chi connectivity index (χ0) is 94.1. The Bertz CT molecular complexity index is 3840. The molecule has 0 unspecified atom stereocenters. The van der Waals surface area contributed by atoms with E-state index in [4.69, 9.17) is 137 Å². The first-order valence-electron chi connectivity index (χ1n) is 39.2. The van der Waals surface area contributed by atoms with Gasteiger partial charge in [0.2, 0.25) is 59.1 Å². The lowest BCUT2D eigenvalue weighted by molar-refractivity contribution is -0.232. The lowest BCUT2D eigenvalue weighted by atomic mass is 9.87. The Kier molecular flexibility index (Phi) is 38.1. The molecule has 52 nitrogen and oxygen atoms in total. The summed E-state index contributed by atoms with van der Waals surface area (Å²) in [5.41, 5.74) is 12.1. The molecule has 0 radical (unpaired) electrons. The van der Waals surface area contributed by atoms with E-state index >= 15 is 0 Å². The summed E-state index contributed by atoms with van der Waals surface area (Å²) in [6.07, 6.45) is -15.7. The number of thiol groups is 1. The van der Waals surface area contributed by atoms with Crippen molar-refractivity contribution in [2.24, 2.45) is 16.6 Å². The average molecular weight is 1830 g/mol. The molecule has 0 aromatic rings. The van der Waals surface area contributed by atoms with Crippen molar-refractivity contribution in [3.8, 4) is 6.07 Å². The summed E-state index contributed by atoms with van der Waals surface area (Å²) in [5, 5.41) is 90.7. The van der Waals surface area contributed by atoms with E-state index in [0.29, 0.717) is 6.61 Å². The summed E-state index contributed by atoms with van der Waals surface area (Å²) in [5.74, 6) is -2.25. The molecule has 0 saturated carbocycles. The largest absolute Gasteiger partial charge is 0.388 e. The molecule has 35 atom stereocenters. The maximum absolute atomic E-state index is 11.7. The number of amides is 8. The molecule has 0 aromatic carbocycles. The normalized spacial score (nSPS) is 42.4. The molecule has 53 heteroatoms. The number of rotatable bonds is 21. The third-order valence-corrected chi connectivity index (χ3v) is 23.5. The van der Waals surface area contributed by atoms with Crippen molar-refractivity contribution in [1.29, 1.82) is 5.26 Å². The number of nitriles is 1. The van der Waals surface area contributed by atoms with Crippen LogP contribution in [0, 0.1) is 17.9 Å². The van der Waals surface area contributed by atoms with Gasteiger partial charge in [-0.1, -0.05) is 5.11 Å². The average Bonchev–Trinajstić information content (AvgIpc) is 1.57. The van der Waals surface area contributed by atoms with Crippen LogP contribution in [-0.4, -0.2) is 424 Å². The van der Waals surface area contributed by atoms with Crippen LogP contribution >= 0.6 is 12.6 Å². The number of azide groups is 1. The van der Waals surface area contributed by atoms with E-state index in [1.54, 1.807) is 21.3 Å². The number of nitrogens with two attached hydrogens (primary N) is 2. The van der Waals surface area contributed by atoms with Gasteiger partial charge in [-0.3, -0.25) is 38.4 Å². The smallest absolute Gasteiger partial charge is 0.373 e. The van der Waals surface area contributed by atoms with Gasteiger partial charge in [-0.25, -0.2) is 6.57 Å². The fraction of sp³-hybridized carbons (Fsp3) is 0.849. The highest BCUT2D eigenvalue weighted by Gasteiger charge is 2.68. The Morgan fingerprint density at radius 2 is 0.762 bits per heavy atom. The van der Waals surface area contributed by atoms with Gasteiger partial charge in [0.1, 0.15) is 156 Å². The van der Waals surface area contributed by atoms with Crippen molar-refractivity contribution in [2.75, 3.05) is 129 Å². The molecule has 14 aliphatic heterocycles. The minimum absolute atomic E-state index is 0.00893. The zero-order valence-electron chi connectivity index (χ0n) is 72.0. The molecule has 14 fully saturated rings. The molecule has 14 rings (SSSR count). The summed E-state index contributed by atoms with van der Waals surface area (Å²) < 4.78 is 120. The second kappa shape index (κ2) is 45.4. The lowest BCUT2D eigenvalue weighted by Gasteiger charge is -2.44. The number of carbonyl (C=O) groups excluding carboxylic acids is 10. The van der Waals surface area contributed by atoms with Crippen LogP contribution in [0.15, 0.2) is 5.11 Å². The lowest BCUT2D eigenvalue weighted by Crippen LogP contribution is -2.69. The number of hydrogen-bond donors (Lipinski definition) is 16. The van der Waals surface area contributed by atoms with Gasteiger partial charge in [0.05, 0.1) is 52.8 Å². The van der Waals surface area contributed by atoms with E-state index in [1.807, 2.05) is 6.92 Å². The van der Waals surface area contributed by atoms with Crippen molar-refractivity contribution in [3.05, 3.63) is 21.9 Å². The predicted octanol–water partition coefficient (Wildman–Crippen LogP) is -9.84. The molecule has 0 aliphatic carbocycles. The number of fused-ring (bicyclic) bond motifs is 14. The fourth-order valence-electron chi connectivity index (χ4n) is 17.1. The van der Waals surface area contributed by atoms with Crippen molar-refractivity contribution in [2.45, 2.75) is 266 Å². The molecule has 126 heavy (non-hydrogen) atoms. The monoisotopic (exact) mass is 1830 g/mol. The van der Waals surface area contributed by atoms with Crippen molar-refractivity contribution < 1.29 is 183 Å². The summed E-state index contributed by atoms with van der Waals surface area (Å²) in [7, 11) is 12.1. The van der Waals surface area contributed by atoms with Crippen LogP contribution in [0.5, 0.6) is 0 Å². The van der Waals surface area contributed by atoms with Crippen LogP contribution < -0.4 is 48.7 Å². The molecular weight excluding hydrogens is 1710 g/mol. The van der Waals surface area contributed by atoms with Gasteiger partial charge in [-0.15, -0.1) is 0 Å². The molecule has 17 N–H and O–H groups in total. The van der Waals surface area contributed by atoms with Crippen LogP contribution in [0.3, 0.4) is 0 Å². The van der Waals surface area contributed by atoms with Crippen LogP contribution in [0.2, 0.25) is 0 Å². The Morgan fingerprint density at radius 3 is 1.15 bits per heavy atom. The Balaban J connectivity index is 0.000000201. The van der Waals surface area contributed by atoms with Gasteiger partial charge < -0.3 is 188 Å². The topological polar surface area (TPSA) is 708 Å². The summed E-state index contributed by atoms with van der Waals surface area (Å²) in [6.45, 7) is 19.6. The van der Waals surface area contributed by atoms with Crippen LogP contribution in [-0.2, 0) is 152 Å².